The molecule has 1 N–H and O–H groups in total. The van der Waals surface area contributed by atoms with Gasteiger partial charge in [0.2, 0.25) is 0 Å². The molecule has 0 aromatic carbocycles. The first kappa shape index (κ1) is 14.0. The van der Waals surface area contributed by atoms with E-state index in [1.54, 1.807) is 12.5 Å². The van der Waals surface area contributed by atoms with E-state index in [4.69, 9.17) is 0 Å². The maximum atomic E-state index is 4.48. The van der Waals surface area contributed by atoms with E-state index >= 15 is 0 Å². The molecule has 0 atom stereocenters. The zero-order valence-corrected chi connectivity index (χ0v) is 12.9. The number of hydrogen-bond donors (Lipinski definition) is 1. The van der Waals surface area contributed by atoms with E-state index in [1.165, 1.54) is 28.6 Å². The van der Waals surface area contributed by atoms with Crippen LogP contribution in [-0.2, 0) is 6.54 Å². The van der Waals surface area contributed by atoms with Gasteiger partial charge in [-0.2, -0.15) is 23.5 Å². The molecule has 1 fully saturated rings. The monoisotopic (exact) mass is 306 g/mol. The number of thioether (sulfide) groups is 2. The third-order valence-corrected chi connectivity index (χ3v) is 5.73. The highest BCUT2D eigenvalue weighted by Gasteiger charge is 2.13. The van der Waals surface area contributed by atoms with Crippen LogP contribution in [0.1, 0.15) is 5.56 Å². The Hall–Kier alpha value is -0.980. The van der Waals surface area contributed by atoms with Crippen LogP contribution < -0.4 is 5.32 Å². The minimum atomic E-state index is 0.586. The van der Waals surface area contributed by atoms with E-state index in [9.17, 15) is 0 Å². The van der Waals surface area contributed by atoms with E-state index in [-0.39, 0.29) is 0 Å². The summed E-state index contributed by atoms with van der Waals surface area (Å²) in [5, 5.41) is 3.66. The molecular formula is C14H18N4S2. The number of nitrogens with zero attached hydrogens (tertiary/aromatic N) is 3. The van der Waals surface area contributed by atoms with Gasteiger partial charge in [-0.05, 0) is 6.07 Å². The molecule has 20 heavy (non-hydrogen) atoms. The van der Waals surface area contributed by atoms with Crippen molar-refractivity contribution in [1.29, 1.82) is 0 Å². The molecule has 0 radical (unpaired) electrons. The molecule has 106 valence electrons. The van der Waals surface area contributed by atoms with Crippen molar-refractivity contribution in [2.24, 2.45) is 0 Å². The van der Waals surface area contributed by atoms with Gasteiger partial charge in [-0.15, -0.1) is 0 Å². The fraction of sp³-hybridized carbons (Fsp3) is 0.429. The number of pyridine rings is 1. The topological polar surface area (TPSA) is 42.7 Å². The molecule has 4 nitrogen and oxygen atoms in total. The van der Waals surface area contributed by atoms with Crippen LogP contribution in [0.5, 0.6) is 0 Å². The highest BCUT2D eigenvalue weighted by molar-refractivity contribution is 8.03. The quantitative estimate of drug-likeness (QED) is 0.938. The first-order chi connectivity index (χ1) is 9.93. The normalized spacial score (nSPS) is 17.0. The van der Waals surface area contributed by atoms with Crippen LogP contribution in [0.15, 0.2) is 37.1 Å². The van der Waals surface area contributed by atoms with Crippen molar-refractivity contribution in [2.75, 3.05) is 23.0 Å². The molecule has 3 rings (SSSR count). The van der Waals surface area contributed by atoms with Crippen molar-refractivity contribution in [3.8, 4) is 5.82 Å². The minimum absolute atomic E-state index is 0.586. The van der Waals surface area contributed by atoms with Gasteiger partial charge in [0.25, 0.3) is 0 Å². The fourth-order valence-corrected chi connectivity index (χ4v) is 4.64. The Kier molecular flexibility index (Phi) is 5.00. The number of rotatable bonds is 4. The molecule has 0 saturated carbocycles. The number of aromatic nitrogens is 3. The van der Waals surface area contributed by atoms with E-state index in [0.29, 0.717) is 6.04 Å². The molecule has 0 amide bonds. The van der Waals surface area contributed by atoms with Crippen molar-refractivity contribution in [3.63, 3.8) is 0 Å². The average molecular weight is 306 g/mol. The maximum absolute atomic E-state index is 4.48. The van der Waals surface area contributed by atoms with Gasteiger partial charge in [-0.25, -0.2) is 9.97 Å². The Balaban J connectivity index is 1.68. The Morgan fingerprint density at radius 2 is 2.10 bits per heavy atom. The lowest BCUT2D eigenvalue weighted by molar-refractivity contribution is 0.601. The van der Waals surface area contributed by atoms with Gasteiger partial charge in [0, 0.05) is 59.8 Å². The van der Waals surface area contributed by atoms with Gasteiger partial charge in [0.1, 0.15) is 12.1 Å². The van der Waals surface area contributed by atoms with Gasteiger partial charge in [-0.1, -0.05) is 6.07 Å². The maximum Gasteiger partial charge on any atom is 0.142 e. The average Bonchev–Trinajstić information content (AvgIpc) is 2.89. The van der Waals surface area contributed by atoms with Gasteiger partial charge in [0.05, 0.1) is 0 Å². The van der Waals surface area contributed by atoms with Crippen LogP contribution in [0.3, 0.4) is 0 Å². The number of imidazole rings is 1. The standard InChI is InChI=1S/C14H18N4S2/c1-2-12(8-17-13-9-19-6-7-20-10-13)14(16-3-1)18-5-4-15-11-18/h1-5,11,13,17H,6-10H2. The summed E-state index contributed by atoms with van der Waals surface area (Å²) in [6.07, 6.45) is 7.34. The summed E-state index contributed by atoms with van der Waals surface area (Å²) in [4.78, 5) is 8.57. The SMILES string of the molecule is c1cnc(-n2ccnc2)c(CNC2CSCCSC2)c1. The van der Waals surface area contributed by atoms with Gasteiger partial charge >= 0.3 is 0 Å². The largest absolute Gasteiger partial charge is 0.308 e. The Labute approximate surface area is 127 Å². The smallest absolute Gasteiger partial charge is 0.142 e. The molecule has 1 saturated heterocycles. The van der Waals surface area contributed by atoms with Crippen LogP contribution in [0.25, 0.3) is 5.82 Å². The number of nitrogens with one attached hydrogen (secondary N) is 1. The molecule has 0 unspecified atom stereocenters. The van der Waals surface area contributed by atoms with Crippen LogP contribution in [0.2, 0.25) is 0 Å². The molecule has 0 spiro atoms. The molecule has 2 aromatic heterocycles. The predicted octanol–water partition coefficient (Wildman–Crippen LogP) is 2.21. The predicted molar refractivity (Wildman–Crippen MR) is 86.6 cm³/mol. The Morgan fingerprint density at radius 1 is 1.25 bits per heavy atom. The van der Waals surface area contributed by atoms with E-state index < -0.39 is 0 Å². The van der Waals surface area contributed by atoms with Crippen LogP contribution >= 0.6 is 23.5 Å². The zero-order chi connectivity index (χ0) is 13.6. The van der Waals surface area contributed by atoms with Crippen LogP contribution in [0.4, 0.5) is 0 Å². The third kappa shape index (κ3) is 3.56. The van der Waals surface area contributed by atoms with E-state index in [0.717, 1.165) is 12.4 Å². The summed E-state index contributed by atoms with van der Waals surface area (Å²) in [6, 6.07) is 4.71. The molecule has 3 heterocycles. The van der Waals surface area contributed by atoms with Gasteiger partial charge in [0.15, 0.2) is 0 Å². The van der Waals surface area contributed by atoms with Gasteiger partial charge in [-0.3, -0.25) is 4.57 Å². The fourth-order valence-electron chi connectivity index (χ4n) is 2.17. The molecular weight excluding hydrogens is 288 g/mol. The molecule has 0 aliphatic carbocycles. The highest BCUT2D eigenvalue weighted by atomic mass is 32.2. The van der Waals surface area contributed by atoms with Crippen molar-refractivity contribution in [3.05, 3.63) is 42.6 Å². The van der Waals surface area contributed by atoms with Crippen molar-refractivity contribution in [2.45, 2.75) is 12.6 Å². The minimum Gasteiger partial charge on any atom is -0.308 e. The Morgan fingerprint density at radius 3 is 2.85 bits per heavy atom. The second-order valence-electron chi connectivity index (χ2n) is 4.68. The lowest BCUT2D eigenvalue weighted by atomic mass is 10.2. The summed E-state index contributed by atoms with van der Waals surface area (Å²) in [5.41, 5.74) is 1.21. The molecule has 2 aromatic rings. The van der Waals surface area contributed by atoms with Gasteiger partial charge < -0.3 is 5.32 Å². The Bertz CT molecular complexity index is 522. The molecule has 1 aliphatic rings. The number of hydrogen-bond acceptors (Lipinski definition) is 5. The lowest BCUT2D eigenvalue weighted by Gasteiger charge is -2.16. The summed E-state index contributed by atoms with van der Waals surface area (Å²) in [7, 11) is 0. The lowest BCUT2D eigenvalue weighted by Crippen LogP contribution is -2.33. The second-order valence-corrected chi connectivity index (χ2v) is 6.98. The first-order valence-electron chi connectivity index (χ1n) is 6.74. The van der Waals surface area contributed by atoms with E-state index in [2.05, 4.69) is 21.4 Å². The summed E-state index contributed by atoms with van der Waals surface area (Å²) in [6.45, 7) is 0.854. The van der Waals surface area contributed by atoms with Crippen molar-refractivity contribution >= 4 is 23.5 Å². The molecule has 1 aliphatic heterocycles. The van der Waals surface area contributed by atoms with Crippen LogP contribution in [-0.4, -0.2) is 43.6 Å². The van der Waals surface area contributed by atoms with Crippen molar-refractivity contribution in [1.82, 2.24) is 19.9 Å². The molecule has 6 heteroatoms. The van der Waals surface area contributed by atoms with Crippen molar-refractivity contribution < 1.29 is 0 Å². The van der Waals surface area contributed by atoms with E-state index in [1.807, 2.05) is 46.6 Å². The molecule has 0 bridgehead atoms. The highest BCUT2D eigenvalue weighted by Crippen LogP contribution is 2.17. The zero-order valence-electron chi connectivity index (χ0n) is 11.2. The summed E-state index contributed by atoms with van der Waals surface area (Å²) < 4.78 is 1.97. The second kappa shape index (κ2) is 7.15. The summed E-state index contributed by atoms with van der Waals surface area (Å²) >= 11 is 4.09. The summed E-state index contributed by atoms with van der Waals surface area (Å²) in [5.74, 6) is 5.92. The van der Waals surface area contributed by atoms with Crippen LogP contribution in [0, 0.1) is 0 Å². The third-order valence-electron chi connectivity index (χ3n) is 3.21. The first-order valence-corrected chi connectivity index (χ1v) is 9.05.